The number of hydrogen-bond acceptors (Lipinski definition) is 3. The summed E-state index contributed by atoms with van der Waals surface area (Å²) in [6.45, 7) is 4.19. The van der Waals surface area contributed by atoms with Gasteiger partial charge < -0.3 is 14.5 Å². The Kier molecular flexibility index (Phi) is 3.67. The van der Waals surface area contributed by atoms with Gasteiger partial charge in [-0.1, -0.05) is 18.2 Å². The zero-order valence-electron chi connectivity index (χ0n) is 10.8. The average molecular weight is 247 g/mol. The molecule has 0 radical (unpaired) electrons. The second kappa shape index (κ2) is 5.23. The first kappa shape index (κ1) is 12.6. The molecule has 0 spiro atoms. The average Bonchev–Trinajstić information content (AvgIpc) is 2.68. The smallest absolute Gasteiger partial charge is 0.287 e. The summed E-state index contributed by atoms with van der Waals surface area (Å²) in [5, 5.41) is 3.75. The molecule has 1 amide bonds. The van der Waals surface area contributed by atoms with Crippen molar-refractivity contribution in [3.63, 3.8) is 0 Å². The third kappa shape index (κ3) is 2.38. The van der Waals surface area contributed by atoms with Gasteiger partial charge in [-0.3, -0.25) is 4.79 Å². The Labute approximate surface area is 106 Å². The summed E-state index contributed by atoms with van der Waals surface area (Å²) in [4.78, 5) is 12.1. The van der Waals surface area contributed by atoms with Crippen LogP contribution in [0.4, 0.5) is 0 Å². The zero-order valence-corrected chi connectivity index (χ0v) is 10.8. The Morgan fingerprint density at radius 1 is 1.39 bits per heavy atom. The third-order valence-corrected chi connectivity index (χ3v) is 2.61. The molecule has 4 heteroatoms. The van der Waals surface area contributed by atoms with Gasteiger partial charge in [-0.05, 0) is 19.9 Å². The normalized spacial score (nSPS) is 11.1. The maximum absolute atomic E-state index is 12.1. The number of carbonyl (C=O) groups excluding carboxylic acids is 1. The minimum absolute atomic E-state index is 0.0705. The summed E-state index contributed by atoms with van der Waals surface area (Å²) in [6.07, 6.45) is 0. The molecular weight excluding hydrogens is 230 g/mol. The molecule has 0 aliphatic carbocycles. The van der Waals surface area contributed by atoms with Gasteiger partial charge in [0.1, 0.15) is 5.58 Å². The Balaban J connectivity index is 2.48. The van der Waals surface area contributed by atoms with Crippen LogP contribution in [0.1, 0.15) is 30.0 Å². The van der Waals surface area contributed by atoms with Crippen LogP contribution in [-0.4, -0.2) is 19.1 Å². The molecular formula is C14H17NO3. The van der Waals surface area contributed by atoms with Crippen LogP contribution in [0.2, 0.25) is 0 Å². The monoisotopic (exact) mass is 247 g/mol. The van der Waals surface area contributed by atoms with E-state index >= 15 is 0 Å². The number of fused-ring (bicyclic) bond motifs is 1. The molecule has 1 heterocycles. The van der Waals surface area contributed by atoms with E-state index in [0.717, 1.165) is 10.9 Å². The number of para-hydroxylation sites is 1. The largest absolute Gasteiger partial charge is 0.451 e. The van der Waals surface area contributed by atoms with E-state index in [1.54, 1.807) is 7.11 Å². The first-order valence-corrected chi connectivity index (χ1v) is 5.93. The standard InChI is InChI=1S/C14H17NO3/c1-9(2)15-14(16)13-11(8-17-3)10-6-4-5-7-12(10)18-13/h4-7,9H,8H2,1-3H3,(H,15,16). The Bertz CT molecular complexity index is 557. The fraction of sp³-hybridized carbons (Fsp3) is 0.357. The summed E-state index contributed by atoms with van der Waals surface area (Å²) in [5.74, 6) is 0.139. The van der Waals surface area contributed by atoms with Gasteiger partial charge in [0.15, 0.2) is 5.76 Å². The van der Waals surface area contributed by atoms with Crippen molar-refractivity contribution in [2.24, 2.45) is 0 Å². The number of carbonyl (C=O) groups is 1. The summed E-state index contributed by atoms with van der Waals surface area (Å²) in [5.41, 5.74) is 1.50. The van der Waals surface area contributed by atoms with Crippen molar-refractivity contribution in [2.75, 3.05) is 7.11 Å². The van der Waals surface area contributed by atoms with Gasteiger partial charge in [-0.2, -0.15) is 0 Å². The number of nitrogens with one attached hydrogen (secondary N) is 1. The highest BCUT2D eigenvalue weighted by atomic mass is 16.5. The van der Waals surface area contributed by atoms with Crippen molar-refractivity contribution in [3.8, 4) is 0 Å². The second-order valence-corrected chi connectivity index (χ2v) is 4.47. The number of ether oxygens (including phenoxy) is 1. The molecule has 96 valence electrons. The van der Waals surface area contributed by atoms with E-state index in [9.17, 15) is 4.79 Å². The molecule has 1 aromatic carbocycles. The molecule has 18 heavy (non-hydrogen) atoms. The van der Waals surface area contributed by atoms with E-state index in [-0.39, 0.29) is 11.9 Å². The van der Waals surface area contributed by atoms with E-state index in [1.165, 1.54) is 0 Å². The lowest BCUT2D eigenvalue weighted by Crippen LogP contribution is -2.30. The number of benzene rings is 1. The van der Waals surface area contributed by atoms with Crippen LogP contribution < -0.4 is 5.32 Å². The second-order valence-electron chi connectivity index (χ2n) is 4.47. The van der Waals surface area contributed by atoms with Crippen molar-refractivity contribution >= 4 is 16.9 Å². The van der Waals surface area contributed by atoms with Crippen LogP contribution >= 0.6 is 0 Å². The van der Waals surface area contributed by atoms with Crippen LogP contribution in [0.15, 0.2) is 28.7 Å². The summed E-state index contributed by atoms with van der Waals surface area (Å²) < 4.78 is 10.8. The highest BCUT2D eigenvalue weighted by molar-refractivity contribution is 5.99. The quantitative estimate of drug-likeness (QED) is 0.903. The molecule has 2 aromatic rings. The molecule has 0 fully saturated rings. The third-order valence-electron chi connectivity index (χ3n) is 2.61. The van der Waals surface area contributed by atoms with E-state index in [1.807, 2.05) is 38.1 Å². The topological polar surface area (TPSA) is 51.5 Å². The van der Waals surface area contributed by atoms with Gasteiger partial charge in [0.2, 0.25) is 0 Å². The number of rotatable bonds is 4. The summed E-state index contributed by atoms with van der Waals surface area (Å²) >= 11 is 0. The molecule has 0 saturated heterocycles. The molecule has 1 aromatic heterocycles. The van der Waals surface area contributed by atoms with Crippen molar-refractivity contribution in [3.05, 3.63) is 35.6 Å². The van der Waals surface area contributed by atoms with E-state index in [0.29, 0.717) is 18.0 Å². The molecule has 0 saturated carbocycles. The fourth-order valence-electron chi connectivity index (χ4n) is 1.90. The first-order valence-electron chi connectivity index (χ1n) is 5.93. The molecule has 0 atom stereocenters. The number of methoxy groups -OCH3 is 1. The lowest BCUT2D eigenvalue weighted by molar-refractivity contribution is 0.0910. The molecule has 2 rings (SSSR count). The van der Waals surface area contributed by atoms with Crippen LogP contribution in [-0.2, 0) is 11.3 Å². The fourth-order valence-corrected chi connectivity index (χ4v) is 1.90. The maximum Gasteiger partial charge on any atom is 0.287 e. The molecule has 0 aliphatic heterocycles. The number of amides is 1. The van der Waals surface area contributed by atoms with Crippen LogP contribution in [0, 0.1) is 0 Å². The summed E-state index contributed by atoms with van der Waals surface area (Å²) in [6, 6.07) is 7.65. The van der Waals surface area contributed by atoms with Gasteiger partial charge in [0.25, 0.3) is 5.91 Å². The predicted molar refractivity (Wildman–Crippen MR) is 69.5 cm³/mol. The number of hydrogen-bond donors (Lipinski definition) is 1. The van der Waals surface area contributed by atoms with E-state index in [2.05, 4.69) is 5.32 Å². The van der Waals surface area contributed by atoms with Crippen molar-refractivity contribution in [2.45, 2.75) is 26.5 Å². The molecule has 0 bridgehead atoms. The van der Waals surface area contributed by atoms with Crippen LogP contribution in [0.25, 0.3) is 11.0 Å². The van der Waals surface area contributed by atoms with Crippen molar-refractivity contribution in [1.29, 1.82) is 0 Å². The first-order chi connectivity index (χ1) is 8.63. The van der Waals surface area contributed by atoms with Gasteiger partial charge >= 0.3 is 0 Å². The highest BCUT2D eigenvalue weighted by Crippen LogP contribution is 2.26. The Morgan fingerprint density at radius 2 is 2.11 bits per heavy atom. The van der Waals surface area contributed by atoms with Crippen LogP contribution in [0.5, 0.6) is 0 Å². The van der Waals surface area contributed by atoms with Crippen molar-refractivity contribution in [1.82, 2.24) is 5.32 Å². The maximum atomic E-state index is 12.1. The van der Waals surface area contributed by atoms with Gasteiger partial charge in [0, 0.05) is 24.1 Å². The van der Waals surface area contributed by atoms with Gasteiger partial charge in [0.05, 0.1) is 6.61 Å². The minimum atomic E-state index is -0.201. The van der Waals surface area contributed by atoms with E-state index in [4.69, 9.17) is 9.15 Å². The molecule has 4 nitrogen and oxygen atoms in total. The molecule has 1 N–H and O–H groups in total. The van der Waals surface area contributed by atoms with Crippen LogP contribution in [0.3, 0.4) is 0 Å². The Morgan fingerprint density at radius 3 is 2.78 bits per heavy atom. The SMILES string of the molecule is COCc1c(C(=O)NC(C)C)oc2ccccc12. The van der Waals surface area contributed by atoms with Crippen molar-refractivity contribution < 1.29 is 13.9 Å². The lowest BCUT2D eigenvalue weighted by atomic mass is 10.1. The lowest BCUT2D eigenvalue weighted by Gasteiger charge is -2.07. The number of furan rings is 1. The molecule has 0 unspecified atom stereocenters. The highest BCUT2D eigenvalue weighted by Gasteiger charge is 2.20. The zero-order chi connectivity index (χ0) is 13.1. The summed E-state index contributed by atoms with van der Waals surface area (Å²) in [7, 11) is 1.60. The molecule has 0 aliphatic rings. The van der Waals surface area contributed by atoms with Gasteiger partial charge in [-0.15, -0.1) is 0 Å². The van der Waals surface area contributed by atoms with Gasteiger partial charge in [-0.25, -0.2) is 0 Å². The predicted octanol–water partition coefficient (Wildman–Crippen LogP) is 2.72. The Hall–Kier alpha value is -1.81. The van der Waals surface area contributed by atoms with E-state index < -0.39 is 0 Å². The minimum Gasteiger partial charge on any atom is -0.451 e.